The number of carbonyl (C=O) groups is 1. The van der Waals surface area contributed by atoms with Gasteiger partial charge in [-0.3, -0.25) is 4.79 Å². The molecule has 1 rings (SSSR count). The number of anilines is 1. The van der Waals surface area contributed by atoms with Gasteiger partial charge in [-0.05, 0) is 25.1 Å². The minimum absolute atomic E-state index is 0.110. The molecule has 0 saturated heterocycles. The third-order valence-electron chi connectivity index (χ3n) is 2.34. The van der Waals surface area contributed by atoms with Crippen molar-refractivity contribution >= 4 is 11.7 Å². The number of nitrogens with one attached hydrogen (secondary N) is 1. The molecule has 0 spiro atoms. The average Bonchev–Trinajstić information content (AvgIpc) is 2.28. The van der Waals surface area contributed by atoms with E-state index in [2.05, 4.69) is 10.3 Å². The molecule has 1 heterocycles. The first-order valence-corrected chi connectivity index (χ1v) is 5.41. The van der Waals surface area contributed by atoms with Crippen LogP contribution >= 0.6 is 0 Å². The van der Waals surface area contributed by atoms with Crippen LogP contribution in [0.25, 0.3) is 0 Å². The number of halogens is 3. The SMILES string of the molecule is NCCC(CC(=O)Nc1ccccn1)C(F)(F)F. The zero-order valence-electron chi connectivity index (χ0n) is 9.57. The summed E-state index contributed by atoms with van der Waals surface area (Å²) < 4.78 is 37.7. The molecule has 3 N–H and O–H groups in total. The Balaban J connectivity index is 2.57. The van der Waals surface area contributed by atoms with Gasteiger partial charge in [-0.15, -0.1) is 0 Å². The fourth-order valence-electron chi connectivity index (χ4n) is 1.44. The maximum atomic E-state index is 12.6. The van der Waals surface area contributed by atoms with Crippen molar-refractivity contribution in [1.29, 1.82) is 0 Å². The van der Waals surface area contributed by atoms with Crippen LogP contribution < -0.4 is 11.1 Å². The Hall–Kier alpha value is -1.63. The molecule has 7 heteroatoms. The molecule has 0 aliphatic carbocycles. The van der Waals surface area contributed by atoms with Crippen LogP contribution in [0.2, 0.25) is 0 Å². The van der Waals surface area contributed by atoms with Gasteiger partial charge < -0.3 is 11.1 Å². The summed E-state index contributed by atoms with van der Waals surface area (Å²) in [6.07, 6.45) is -3.88. The minimum Gasteiger partial charge on any atom is -0.330 e. The lowest BCUT2D eigenvalue weighted by Gasteiger charge is -2.18. The van der Waals surface area contributed by atoms with Crippen LogP contribution in [-0.2, 0) is 4.79 Å². The Morgan fingerprint density at radius 2 is 2.17 bits per heavy atom. The van der Waals surface area contributed by atoms with E-state index in [0.717, 1.165) is 0 Å². The third kappa shape index (κ3) is 4.70. The summed E-state index contributed by atoms with van der Waals surface area (Å²) in [7, 11) is 0. The summed E-state index contributed by atoms with van der Waals surface area (Å²) in [6, 6.07) is 4.77. The number of hydrogen-bond acceptors (Lipinski definition) is 3. The molecule has 1 atom stereocenters. The maximum absolute atomic E-state index is 12.6. The van der Waals surface area contributed by atoms with Gasteiger partial charge in [-0.2, -0.15) is 13.2 Å². The van der Waals surface area contributed by atoms with Crippen LogP contribution in [0, 0.1) is 5.92 Å². The standard InChI is InChI=1S/C11H14F3N3O/c12-11(13,14)8(4-5-15)7-10(18)17-9-3-1-2-6-16-9/h1-3,6,8H,4-5,7,15H2,(H,16,17,18). The molecule has 100 valence electrons. The number of nitrogens with two attached hydrogens (primary N) is 1. The predicted molar refractivity (Wildman–Crippen MR) is 60.7 cm³/mol. The number of nitrogens with zero attached hydrogens (tertiary/aromatic N) is 1. The first-order valence-electron chi connectivity index (χ1n) is 5.41. The van der Waals surface area contributed by atoms with E-state index < -0.39 is 24.4 Å². The molecule has 0 fully saturated rings. The molecule has 1 aromatic rings. The second kappa shape index (κ2) is 6.34. The fourth-order valence-corrected chi connectivity index (χ4v) is 1.44. The number of amides is 1. The molecule has 0 radical (unpaired) electrons. The normalized spacial score (nSPS) is 13.1. The predicted octanol–water partition coefficient (Wildman–Crippen LogP) is 1.94. The molecule has 0 aliphatic heterocycles. The number of hydrogen-bond donors (Lipinski definition) is 2. The highest BCUT2D eigenvalue weighted by Crippen LogP contribution is 2.31. The molecule has 18 heavy (non-hydrogen) atoms. The topological polar surface area (TPSA) is 68.0 Å². The molecular weight excluding hydrogens is 247 g/mol. The van der Waals surface area contributed by atoms with E-state index in [1.807, 2.05) is 0 Å². The second-order valence-electron chi connectivity index (χ2n) is 3.78. The highest BCUT2D eigenvalue weighted by Gasteiger charge is 2.40. The number of alkyl halides is 3. The molecule has 1 aromatic heterocycles. The van der Waals surface area contributed by atoms with Gasteiger partial charge in [0.2, 0.25) is 5.91 Å². The van der Waals surface area contributed by atoms with E-state index in [-0.39, 0.29) is 18.8 Å². The third-order valence-corrected chi connectivity index (χ3v) is 2.34. The van der Waals surface area contributed by atoms with Crippen molar-refractivity contribution in [1.82, 2.24) is 4.98 Å². The molecule has 1 amide bonds. The smallest absolute Gasteiger partial charge is 0.330 e. The van der Waals surface area contributed by atoms with Crippen LogP contribution in [0.1, 0.15) is 12.8 Å². The summed E-state index contributed by atoms with van der Waals surface area (Å²) >= 11 is 0. The second-order valence-corrected chi connectivity index (χ2v) is 3.78. The van der Waals surface area contributed by atoms with Gasteiger partial charge in [-0.25, -0.2) is 4.98 Å². The van der Waals surface area contributed by atoms with Gasteiger partial charge in [0, 0.05) is 12.6 Å². The summed E-state index contributed by atoms with van der Waals surface area (Å²) in [4.78, 5) is 15.2. The van der Waals surface area contributed by atoms with Crippen LogP contribution in [-0.4, -0.2) is 23.6 Å². The summed E-state index contributed by atoms with van der Waals surface area (Å²) in [6.45, 7) is -0.110. The van der Waals surface area contributed by atoms with Crippen LogP contribution in [0.3, 0.4) is 0 Å². The number of aromatic nitrogens is 1. The minimum atomic E-state index is -4.42. The Morgan fingerprint density at radius 3 is 2.67 bits per heavy atom. The summed E-state index contributed by atoms with van der Waals surface area (Å²) in [5.41, 5.74) is 5.11. The van der Waals surface area contributed by atoms with Gasteiger partial charge in [0.1, 0.15) is 5.82 Å². The molecular formula is C11H14F3N3O. The van der Waals surface area contributed by atoms with Crippen LogP contribution in [0.5, 0.6) is 0 Å². The van der Waals surface area contributed by atoms with E-state index in [1.165, 1.54) is 12.3 Å². The van der Waals surface area contributed by atoms with Gasteiger partial charge in [0.15, 0.2) is 0 Å². The fraction of sp³-hybridized carbons (Fsp3) is 0.455. The van der Waals surface area contributed by atoms with Gasteiger partial charge in [0.25, 0.3) is 0 Å². The van der Waals surface area contributed by atoms with Crippen molar-refractivity contribution in [2.24, 2.45) is 11.7 Å². The Labute approximate surface area is 102 Å². The zero-order chi connectivity index (χ0) is 13.6. The van der Waals surface area contributed by atoms with Crippen molar-refractivity contribution in [3.05, 3.63) is 24.4 Å². The van der Waals surface area contributed by atoms with Gasteiger partial charge in [-0.1, -0.05) is 6.07 Å². The lowest BCUT2D eigenvalue weighted by molar-refractivity contribution is -0.179. The van der Waals surface area contributed by atoms with Crippen molar-refractivity contribution in [2.75, 3.05) is 11.9 Å². The lowest BCUT2D eigenvalue weighted by Crippen LogP contribution is -2.30. The average molecular weight is 261 g/mol. The van der Waals surface area contributed by atoms with Crippen LogP contribution in [0.15, 0.2) is 24.4 Å². The molecule has 1 unspecified atom stereocenters. The molecule has 0 aromatic carbocycles. The van der Waals surface area contributed by atoms with E-state index in [4.69, 9.17) is 5.73 Å². The number of rotatable bonds is 5. The Bertz CT molecular complexity index is 381. The first kappa shape index (κ1) is 14.4. The monoisotopic (exact) mass is 261 g/mol. The first-order chi connectivity index (χ1) is 8.43. The van der Waals surface area contributed by atoms with E-state index in [1.54, 1.807) is 12.1 Å². The van der Waals surface area contributed by atoms with Crippen LogP contribution in [0.4, 0.5) is 19.0 Å². The molecule has 0 aliphatic rings. The molecule has 4 nitrogen and oxygen atoms in total. The summed E-state index contributed by atoms with van der Waals surface area (Å²) in [5.74, 6) is -2.20. The highest BCUT2D eigenvalue weighted by molar-refractivity contribution is 5.89. The van der Waals surface area contributed by atoms with Gasteiger partial charge in [0.05, 0.1) is 5.92 Å². The van der Waals surface area contributed by atoms with Crippen molar-refractivity contribution in [2.45, 2.75) is 19.0 Å². The van der Waals surface area contributed by atoms with Gasteiger partial charge >= 0.3 is 6.18 Å². The maximum Gasteiger partial charge on any atom is 0.392 e. The van der Waals surface area contributed by atoms with E-state index in [0.29, 0.717) is 0 Å². The quantitative estimate of drug-likeness (QED) is 0.851. The van der Waals surface area contributed by atoms with Crippen molar-refractivity contribution in [3.63, 3.8) is 0 Å². The largest absolute Gasteiger partial charge is 0.392 e. The van der Waals surface area contributed by atoms with E-state index >= 15 is 0 Å². The number of pyridine rings is 1. The highest BCUT2D eigenvalue weighted by atomic mass is 19.4. The Kier molecular flexibility index (Phi) is 5.08. The zero-order valence-corrected chi connectivity index (χ0v) is 9.57. The lowest BCUT2D eigenvalue weighted by atomic mass is 10.0. The molecule has 0 bridgehead atoms. The molecule has 0 saturated carbocycles. The van der Waals surface area contributed by atoms with Crippen molar-refractivity contribution in [3.8, 4) is 0 Å². The summed E-state index contributed by atoms with van der Waals surface area (Å²) in [5, 5.41) is 2.31. The number of carbonyl (C=O) groups excluding carboxylic acids is 1. The Morgan fingerprint density at radius 1 is 1.44 bits per heavy atom. The van der Waals surface area contributed by atoms with E-state index in [9.17, 15) is 18.0 Å². The van der Waals surface area contributed by atoms with Crippen molar-refractivity contribution < 1.29 is 18.0 Å².